The fraction of sp³-hybridized carbons (Fsp3) is 0.120. The van der Waals surface area contributed by atoms with E-state index in [-0.39, 0.29) is 18.2 Å². The second-order valence-electron chi connectivity index (χ2n) is 7.37. The highest BCUT2D eigenvalue weighted by molar-refractivity contribution is 6.39. The Kier molecular flexibility index (Phi) is 8.81. The van der Waals surface area contributed by atoms with Crippen LogP contribution in [0.2, 0.25) is 0 Å². The molecule has 0 bridgehead atoms. The third-order valence-electron chi connectivity index (χ3n) is 4.66. The predicted octanol–water partition coefficient (Wildman–Crippen LogP) is 3.82. The van der Waals surface area contributed by atoms with Gasteiger partial charge in [0.25, 0.3) is 5.91 Å². The Hall–Kier alpha value is -4.87. The molecule has 0 aliphatic rings. The van der Waals surface area contributed by atoms with Gasteiger partial charge < -0.3 is 20.1 Å². The Morgan fingerprint density at radius 1 is 0.865 bits per heavy atom. The SMILES string of the molecule is COc1ccc(NC(=O)COc2ccc(/C=N/NC(=O)C(=O)Nc3cccc(C(F)(F)F)c3)cc2)cc1. The molecule has 192 valence electrons. The lowest BCUT2D eigenvalue weighted by Gasteiger charge is -2.09. The van der Waals surface area contributed by atoms with Gasteiger partial charge in [-0.15, -0.1) is 0 Å². The van der Waals surface area contributed by atoms with Crippen molar-refractivity contribution in [1.29, 1.82) is 0 Å². The number of hydrogen-bond acceptors (Lipinski definition) is 6. The van der Waals surface area contributed by atoms with E-state index in [4.69, 9.17) is 9.47 Å². The molecule has 0 aliphatic carbocycles. The average molecular weight is 514 g/mol. The van der Waals surface area contributed by atoms with Gasteiger partial charge in [-0.05, 0) is 72.3 Å². The first-order chi connectivity index (χ1) is 17.6. The summed E-state index contributed by atoms with van der Waals surface area (Å²) in [5, 5.41) is 8.40. The summed E-state index contributed by atoms with van der Waals surface area (Å²) >= 11 is 0. The molecule has 37 heavy (non-hydrogen) atoms. The quantitative estimate of drug-likeness (QED) is 0.240. The fourth-order valence-electron chi connectivity index (χ4n) is 2.85. The van der Waals surface area contributed by atoms with Crippen LogP contribution in [0.25, 0.3) is 0 Å². The molecule has 3 rings (SSSR count). The van der Waals surface area contributed by atoms with Gasteiger partial charge >= 0.3 is 18.0 Å². The molecule has 3 aromatic carbocycles. The van der Waals surface area contributed by atoms with E-state index in [2.05, 4.69) is 15.7 Å². The van der Waals surface area contributed by atoms with Crippen molar-refractivity contribution in [3.63, 3.8) is 0 Å². The number of rotatable bonds is 8. The summed E-state index contributed by atoms with van der Waals surface area (Å²) < 4.78 is 48.8. The summed E-state index contributed by atoms with van der Waals surface area (Å²) in [5.74, 6) is -1.64. The first kappa shape index (κ1) is 26.7. The van der Waals surface area contributed by atoms with Crippen LogP contribution in [0.1, 0.15) is 11.1 Å². The number of amides is 3. The van der Waals surface area contributed by atoms with E-state index in [1.54, 1.807) is 55.6 Å². The monoisotopic (exact) mass is 514 g/mol. The van der Waals surface area contributed by atoms with Crippen LogP contribution >= 0.6 is 0 Å². The molecule has 3 N–H and O–H groups in total. The number of ether oxygens (including phenoxy) is 2. The second-order valence-corrected chi connectivity index (χ2v) is 7.37. The lowest BCUT2D eigenvalue weighted by Crippen LogP contribution is -2.32. The molecule has 3 aromatic rings. The first-order valence-corrected chi connectivity index (χ1v) is 10.6. The van der Waals surface area contributed by atoms with E-state index in [1.807, 2.05) is 5.43 Å². The second kappa shape index (κ2) is 12.2. The van der Waals surface area contributed by atoms with Gasteiger partial charge in [-0.1, -0.05) is 6.07 Å². The Labute approximate surface area is 209 Å². The maximum atomic E-state index is 12.8. The number of benzene rings is 3. The van der Waals surface area contributed by atoms with Gasteiger partial charge in [0.2, 0.25) is 0 Å². The zero-order valence-corrected chi connectivity index (χ0v) is 19.3. The third-order valence-corrected chi connectivity index (χ3v) is 4.66. The number of methoxy groups -OCH3 is 1. The van der Waals surface area contributed by atoms with Crippen LogP contribution in [0, 0.1) is 0 Å². The van der Waals surface area contributed by atoms with Crippen molar-refractivity contribution in [1.82, 2.24) is 5.43 Å². The number of nitrogens with zero attached hydrogens (tertiary/aromatic N) is 1. The average Bonchev–Trinajstić information content (AvgIpc) is 2.88. The summed E-state index contributed by atoms with van der Waals surface area (Å²) in [7, 11) is 1.54. The molecular weight excluding hydrogens is 493 g/mol. The summed E-state index contributed by atoms with van der Waals surface area (Å²) in [6, 6.07) is 17.0. The predicted molar refractivity (Wildman–Crippen MR) is 129 cm³/mol. The number of halogens is 3. The normalized spacial score (nSPS) is 11.0. The minimum Gasteiger partial charge on any atom is -0.497 e. The van der Waals surface area contributed by atoms with E-state index in [0.29, 0.717) is 28.8 Å². The van der Waals surface area contributed by atoms with Crippen molar-refractivity contribution >= 4 is 35.3 Å². The standard InChI is InChI=1S/C25H21F3N4O5/c1-36-20-11-7-18(8-12-20)30-22(33)15-37-21-9-5-16(6-10-21)14-29-32-24(35)23(34)31-19-4-2-3-17(13-19)25(26,27)28/h2-14H,15H2,1H3,(H,30,33)(H,31,34)(H,32,35)/b29-14+. The molecule has 0 aromatic heterocycles. The van der Waals surface area contributed by atoms with Gasteiger partial charge in [-0.25, -0.2) is 5.43 Å². The molecule has 0 fully saturated rings. The number of hydrazone groups is 1. The molecule has 3 amide bonds. The first-order valence-electron chi connectivity index (χ1n) is 10.6. The largest absolute Gasteiger partial charge is 0.497 e. The van der Waals surface area contributed by atoms with Crippen LogP contribution in [0.4, 0.5) is 24.5 Å². The highest BCUT2D eigenvalue weighted by Crippen LogP contribution is 2.30. The van der Waals surface area contributed by atoms with Gasteiger partial charge in [0.1, 0.15) is 11.5 Å². The fourth-order valence-corrected chi connectivity index (χ4v) is 2.85. The molecule has 0 radical (unpaired) electrons. The summed E-state index contributed by atoms with van der Waals surface area (Å²) in [6.45, 7) is -0.226. The number of nitrogens with one attached hydrogen (secondary N) is 3. The topological polar surface area (TPSA) is 118 Å². The van der Waals surface area contributed by atoms with Crippen molar-refractivity contribution in [2.24, 2.45) is 5.10 Å². The molecular formula is C25H21F3N4O5. The van der Waals surface area contributed by atoms with Crippen molar-refractivity contribution in [3.05, 3.63) is 83.9 Å². The molecule has 0 unspecified atom stereocenters. The molecule has 0 saturated carbocycles. The van der Waals surface area contributed by atoms with Crippen LogP contribution in [0.15, 0.2) is 77.9 Å². The number of carbonyl (C=O) groups excluding carboxylic acids is 3. The van der Waals surface area contributed by atoms with Crippen LogP contribution in [-0.2, 0) is 20.6 Å². The van der Waals surface area contributed by atoms with Gasteiger partial charge in [0.15, 0.2) is 6.61 Å². The summed E-state index contributed by atoms with van der Waals surface area (Å²) in [5.41, 5.74) is 1.96. The molecule has 0 saturated heterocycles. The summed E-state index contributed by atoms with van der Waals surface area (Å²) in [4.78, 5) is 35.8. The molecule has 9 nitrogen and oxygen atoms in total. The Bertz CT molecular complexity index is 1280. The molecule has 0 aliphatic heterocycles. The minimum atomic E-state index is -4.59. The number of alkyl halides is 3. The van der Waals surface area contributed by atoms with Crippen molar-refractivity contribution in [3.8, 4) is 11.5 Å². The van der Waals surface area contributed by atoms with Crippen molar-refractivity contribution in [2.75, 3.05) is 24.4 Å². The Morgan fingerprint density at radius 3 is 2.19 bits per heavy atom. The Morgan fingerprint density at radius 2 is 1.54 bits per heavy atom. The van der Waals surface area contributed by atoms with E-state index >= 15 is 0 Å². The molecule has 0 heterocycles. The van der Waals surface area contributed by atoms with Crippen molar-refractivity contribution < 1.29 is 37.0 Å². The maximum absolute atomic E-state index is 12.8. The van der Waals surface area contributed by atoms with Gasteiger partial charge in [-0.3, -0.25) is 14.4 Å². The van der Waals surface area contributed by atoms with Crippen LogP contribution in [0.3, 0.4) is 0 Å². The zero-order valence-electron chi connectivity index (χ0n) is 19.3. The van der Waals surface area contributed by atoms with Gasteiger partial charge in [0, 0.05) is 11.4 Å². The zero-order chi connectivity index (χ0) is 26.8. The highest BCUT2D eigenvalue weighted by Gasteiger charge is 2.30. The number of anilines is 2. The minimum absolute atomic E-state index is 0.188. The summed E-state index contributed by atoms with van der Waals surface area (Å²) in [6.07, 6.45) is -3.34. The van der Waals surface area contributed by atoms with Gasteiger partial charge in [-0.2, -0.15) is 18.3 Å². The molecule has 0 spiro atoms. The molecule has 12 heteroatoms. The lowest BCUT2D eigenvalue weighted by atomic mass is 10.2. The highest BCUT2D eigenvalue weighted by atomic mass is 19.4. The van der Waals surface area contributed by atoms with Crippen LogP contribution < -0.4 is 25.5 Å². The van der Waals surface area contributed by atoms with E-state index in [1.165, 1.54) is 12.3 Å². The smallest absolute Gasteiger partial charge is 0.416 e. The Balaban J connectivity index is 1.44. The molecule has 0 atom stereocenters. The van der Waals surface area contributed by atoms with Crippen LogP contribution in [0.5, 0.6) is 11.5 Å². The van der Waals surface area contributed by atoms with E-state index in [0.717, 1.165) is 12.1 Å². The lowest BCUT2D eigenvalue weighted by molar-refractivity contribution is -0.137. The number of carbonyl (C=O) groups is 3. The maximum Gasteiger partial charge on any atom is 0.416 e. The number of hydrogen-bond donors (Lipinski definition) is 3. The van der Waals surface area contributed by atoms with Crippen molar-refractivity contribution in [2.45, 2.75) is 6.18 Å². The third kappa shape index (κ3) is 8.38. The van der Waals surface area contributed by atoms with E-state index in [9.17, 15) is 27.6 Å². The van der Waals surface area contributed by atoms with E-state index < -0.39 is 23.6 Å². The van der Waals surface area contributed by atoms with Crippen LogP contribution in [-0.4, -0.2) is 37.7 Å². The van der Waals surface area contributed by atoms with Gasteiger partial charge in [0.05, 0.1) is 18.9 Å².